The molecule has 0 atom stereocenters. The van der Waals surface area contributed by atoms with Crippen LogP contribution in [0.15, 0.2) is 41.8 Å². The second-order valence-electron chi connectivity index (χ2n) is 2.64. The third kappa shape index (κ3) is 2.58. The lowest BCUT2D eigenvalue weighted by Crippen LogP contribution is -2.05. The van der Waals surface area contributed by atoms with Gasteiger partial charge in [0.05, 0.1) is 5.69 Å². The van der Waals surface area contributed by atoms with Gasteiger partial charge in [0.2, 0.25) is 0 Å². The van der Waals surface area contributed by atoms with Gasteiger partial charge in [0.1, 0.15) is 4.90 Å². The average molecular weight is 213 g/mol. The summed E-state index contributed by atoms with van der Waals surface area (Å²) in [6.07, 6.45) is 1.60. The van der Waals surface area contributed by atoms with Crippen LogP contribution in [0.2, 0.25) is 0 Å². The van der Waals surface area contributed by atoms with Crippen LogP contribution in [0.5, 0.6) is 0 Å². The molecule has 1 aromatic carbocycles. The molecule has 0 spiro atoms. The minimum atomic E-state index is -4.16. The normalized spacial score (nSPS) is 10.9. The van der Waals surface area contributed by atoms with E-state index in [4.69, 9.17) is 4.55 Å². The van der Waals surface area contributed by atoms with E-state index in [9.17, 15) is 8.42 Å². The Balaban J connectivity index is 3.10. The van der Waals surface area contributed by atoms with Crippen molar-refractivity contribution in [3.05, 3.63) is 36.9 Å². The fraction of sp³-hybridized carbons (Fsp3) is 0.111. The SMILES string of the molecule is C=CCNc1ccccc1S(=O)(=O)O. The molecule has 0 saturated heterocycles. The van der Waals surface area contributed by atoms with Gasteiger partial charge in [0.15, 0.2) is 0 Å². The number of nitrogens with one attached hydrogen (secondary N) is 1. The second-order valence-corrected chi connectivity index (χ2v) is 4.03. The van der Waals surface area contributed by atoms with Crippen molar-refractivity contribution >= 4 is 15.8 Å². The van der Waals surface area contributed by atoms with Crippen molar-refractivity contribution in [2.24, 2.45) is 0 Å². The van der Waals surface area contributed by atoms with Crippen molar-refractivity contribution < 1.29 is 13.0 Å². The molecule has 0 fully saturated rings. The van der Waals surface area contributed by atoms with E-state index in [0.29, 0.717) is 12.2 Å². The lowest BCUT2D eigenvalue weighted by Gasteiger charge is -2.07. The summed E-state index contributed by atoms with van der Waals surface area (Å²) in [6, 6.07) is 6.13. The van der Waals surface area contributed by atoms with E-state index in [1.54, 1.807) is 24.3 Å². The zero-order chi connectivity index (χ0) is 10.6. The van der Waals surface area contributed by atoms with Crippen molar-refractivity contribution in [2.75, 3.05) is 11.9 Å². The molecule has 0 radical (unpaired) electrons. The van der Waals surface area contributed by atoms with Gasteiger partial charge in [-0.3, -0.25) is 4.55 Å². The van der Waals surface area contributed by atoms with Gasteiger partial charge in [-0.05, 0) is 12.1 Å². The Morgan fingerprint density at radius 3 is 2.64 bits per heavy atom. The van der Waals surface area contributed by atoms with Crippen LogP contribution in [-0.2, 0) is 10.1 Å². The third-order valence-corrected chi connectivity index (χ3v) is 2.51. The highest BCUT2D eigenvalue weighted by Crippen LogP contribution is 2.19. The zero-order valence-corrected chi connectivity index (χ0v) is 8.29. The molecule has 5 heteroatoms. The summed E-state index contributed by atoms with van der Waals surface area (Å²) in [7, 11) is -4.16. The molecule has 0 heterocycles. The first-order valence-electron chi connectivity index (χ1n) is 3.97. The number of hydrogen-bond acceptors (Lipinski definition) is 3. The number of para-hydroxylation sites is 1. The van der Waals surface area contributed by atoms with Gasteiger partial charge >= 0.3 is 0 Å². The molecule has 0 saturated carbocycles. The molecule has 0 aliphatic rings. The van der Waals surface area contributed by atoms with Crippen LogP contribution < -0.4 is 5.32 Å². The Morgan fingerprint density at radius 1 is 1.43 bits per heavy atom. The maximum Gasteiger partial charge on any atom is 0.296 e. The fourth-order valence-electron chi connectivity index (χ4n) is 1.02. The maximum atomic E-state index is 10.9. The predicted molar refractivity (Wildman–Crippen MR) is 54.9 cm³/mol. The van der Waals surface area contributed by atoms with Crippen LogP contribution >= 0.6 is 0 Å². The molecule has 0 aliphatic heterocycles. The molecular weight excluding hydrogens is 202 g/mol. The van der Waals surface area contributed by atoms with Crippen molar-refractivity contribution in [3.63, 3.8) is 0 Å². The van der Waals surface area contributed by atoms with E-state index in [0.717, 1.165) is 0 Å². The standard InChI is InChI=1S/C9H11NO3S/c1-2-7-10-8-5-3-4-6-9(8)14(11,12)13/h2-6,10H,1,7H2,(H,11,12,13). The first-order valence-corrected chi connectivity index (χ1v) is 5.41. The summed E-state index contributed by atoms with van der Waals surface area (Å²) in [4.78, 5) is -0.123. The molecule has 2 N–H and O–H groups in total. The van der Waals surface area contributed by atoms with Crippen molar-refractivity contribution in [1.82, 2.24) is 0 Å². The summed E-state index contributed by atoms with van der Waals surface area (Å²) in [5.41, 5.74) is 0.370. The quantitative estimate of drug-likeness (QED) is 0.588. The number of rotatable bonds is 4. The number of benzene rings is 1. The highest BCUT2D eigenvalue weighted by atomic mass is 32.2. The Bertz CT molecular complexity index is 425. The summed E-state index contributed by atoms with van der Waals surface area (Å²) in [5.74, 6) is 0. The smallest absolute Gasteiger partial charge is 0.296 e. The maximum absolute atomic E-state index is 10.9. The van der Waals surface area contributed by atoms with Crippen molar-refractivity contribution in [2.45, 2.75) is 4.90 Å². The Hall–Kier alpha value is -1.33. The minimum Gasteiger partial charge on any atom is -0.380 e. The van der Waals surface area contributed by atoms with Crippen LogP contribution in [0.4, 0.5) is 5.69 Å². The summed E-state index contributed by atoms with van der Waals surface area (Å²) in [6.45, 7) is 3.93. The van der Waals surface area contributed by atoms with Gasteiger partial charge in [-0.15, -0.1) is 6.58 Å². The Morgan fingerprint density at radius 2 is 2.07 bits per heavy atom. The fourth-order valence-corrected chi connectivity index (χ4v) is 1.69. The predicted octanol–water partition coefficient (Wildman–Crippen LogP) is 1.53. The molecule has 0 aliphatic carbocycles. The summed E-state index contributed by atoms with van der Waals surface area (Å²) >= 11 is 0. The van der Waals surface area contributed by atoms with Crippen LogP contribution in [0.25, 0.3) is 0 Å². The Labute approximate surface area is 83.0 Å². The van der Waals surface area contributed by atoms with Gasteiger partial charge in [-0.2, -0.15) is 8.42 Å². The van der Waals surface area contributed by atoms with Crippen LogP contribution in [0.1, 0.15) is 0 Å². The van der Waals surface area contributed by atoms with Crippen molar-refractivity contribution in [3.8, 4) is 0 Å². The summed E-state index contributed by atoms with van der Waals surface area (Å²) < 4.78 is 30.7. The van der Waals surface area contributed by atoms with Crippen LogP contribution in [0, 0.1) is 0 Å². The van der Waals surface area contributed by atoms with E-state index < -0.39 is 10.1 Å². The zero-order valence-electron chi connectivity index (χ0n) is 7.47. The summed E-state index contributed by atoms with van der Waals surface area (Å²) in [5, 5.41) is 2.81. The second kappa shape index (κ2) is 4.26. The highest BCUT2D eigenvalue weighted by molar-refractivity contribution is 7.86. The van der Waals surface area contributed by atoms with E-state index in [1.807, 2.05) is 0 Å². The minimum absolute atomic E-state index is 0.123. The molecule has 0 amide bonds. The van der Waals surface area contributed by atoms with Crippen LogP contribution in [0.3, 0.4) is 0 Å². The molecule has 0 unspecified atom stereocenters. The topological polar surface area (TPSA) is 66.4 Å². The van der Waals surface area contributed by atoms with Gasteiger partial charge in [-0.25, -0.2) is 0 Å². The molecular formula is C9H11NO3S. The molecule has 0 bridgehead atoms. The molecule has 76 valence electrons. The van der Waals surface area contributed by atoms with E-state index in [-0.39, 0.29) is 4.90 Å². The first kappa shape index (κ1) is 10.7. The third-order valence-electron chi connectivity index (χ3n) is 1.60. The van der Waals surface area contributed by atoms with E-state index >= 15 is 0 Å². The molecule has 1 rings (SSSR count). The molecule has 14 heavy (non-hydrogen) atoms. The van der Waals surface area contributed by atoms with Gasteiger partial charge in [0, 0.05) is 6.54 Å². The molecule has 1 aromatic rings. The average Bonchev–Trinajstić information content (AvgIpc) is 2.14. The van der Waals surface area contributed by atoms with Gasteiger partial charge in [0.25, 0.3) is 10.1 Å². The van der Waals surface area contributed by atoms with Gasteiger partial charge in [-0.1, -0.05) is 18.2 Å². The van der Waals surface area contributed by atoms with E-state index in [1.165, 1.54) is 6.07 Å². The lowest BCUT2D eigenvalue weighted by atomic mass is 10.3. The van der Waals surface area contributed by atoms with Crippen molar-refractivity contribution in [1.29, 1.82) is 0 Å². The first-order chi connectivity index (χ1) is 6.55. The number of anilines is 1. The monoisotopic (exact) mass is 213 g/mol. The number of hydrogen-bond donors (Lipinski definition) is 2. The Kier molecular flexibility index (Phi) is 3.27. The lowest BCUT2D eigenvalue weighted by molar-refractivity contribution is 0.483. The largest absolute Gasteiger partial charge is 0.380 e. The molecule has 4 nitrogen and oxygen atoms in total. The van der Waals surface area contributed by atoms with Gasteiger partial charge < -0.3 is 5.32 Å². The van der Waals surface area contributed by atoms with Crippen LogP contribution in [-0.4, -0.2) is 19.5 Å². The molecule has 0 aromatic heterocycles. The van der Waals surface area contributed by atoms with E-state index in [2.05, 4.69) is 11.9 Å². The highest BCUT2D eigenvalue weighted by Gasteiger charge is 2.13.